The number of amides is 1. The number of carbonyl (C=O) groups is 1. The number of anilines is 1. The molecule has 0 bridgehead atoms. The van der Waals surface area contributed by atoms with Crippen LogP contribution in [0.15, 0.2) is 24.3 Å². The van der Waals surface area contributed by atoms with Crippen molar-refractivity contribution < 1.29 is 9.18 Å². The van der Waals surface area contributed by atoms with E-state index < -0.39 is 11.4 Å². The minimum Gasteiger partial charge on any atom is -0.374 e. The van der Waals surface area contributed by atoms with Crippen molar-refractivity contribution >= 4 is 11.6 Å². The maximum absolute atomic E-state index is 13.1. The first-order chi connectivity index (χ1) is 8.39. The predicted molar refractivity (Wildman–Crippen MR) is 70.9 cm³/mol. The second-order valence-electron chi connectivity index (χ2n) is 4.60. The number of nitrogens with one attached hydrogen (secondary N) is 1. The Balaban J connectivity index is 2.66. The highest BCUT2D eigenvalue weighted by Gasteiger charge is 2.28. The molecule has 0 heterocycles. The van der Waals surface area contributed by atoms with Crippen molar-refractivity contribution in [3.63, 3.8) is 0 Å². The van der Waals surface area contributed by atoms with Crippen LogP contribution in [0.4, 0.5) is 10.1 Å². The molecule has 0 aliphatic heterocycles. The van der Waals surface area contributed by atoms with Gasteiger partial charge in [0.05, 0.1) is 5.54 Å². The number of hydrogen-bond donors (Lipinski definition) is 2. The highest BCUT2D eigenvalue weighted by molar-refractivity contribution is 5.84. The summed E-state index contributed by atoms with van der Waals surface area (Å²) in [5.41, 5.74) is 5.38. The Hall–Kier alpha value is -1.62. The maximum atomic E-state index is 13.1. The number of primary amides is 1. The van der Waals surface area contributed by atoms with Gasteiger partial charge in [0.2, 0.25) is 5.91 Å². The van der Waals surface area contributed by atoms with Crippen LogP contribution in [0.3, 0.4) is 0 Å². The first-order valence-electron chi connectivity index (χ1n) is 5.84. The number of nitrogens with two attached hydrogens (primary N) is 1. The Kier molecular flexibility index (Phi) is 4.67. The summed E-state index contributed by atoms with van der Waals surface area (Å²) in [4.78, 5) is 13.2. The molecule has 1 rings (SSSR count). The number of carbonyl (C=O) groups excluding carboxylic acids is 1. The largest absolute Gasteiger partial charge is 0.374 e. The SMILES string of the molecule is CNC(C)(CCN(C)c1cccc(F)c1)C(N)=O. The Morgan fingerprint density at radius 2 is 2.22 bits per heavy atom. The summed E-state index contributed by atoms with van der Waals surface area (Å²) < 4.78 is 13.1. The molecule has 1 aromatic rings. The molecular weight excluding hydrogens is 233 g/mol. The van der Waals surface area contributed by atoms with Crippen LogP contribution in [-0.2, 0) is 4.79 Å². The van der Waals surface area contributed by atoms with Crippen molar-refractivity contribution in [3.8, 4) is 0 Å². The van der Waals surface area contributed by atoms with Gasteiger partial charge in [-0.15, -0.1) is 0 Å². The first kappa shape index (κ1) is 14.4. The third-order valence-corrected chi connectivity index (χ3v) is 3.29. The number of rotatable bonds is 6. The lowest BCUT2D eigenvalue weighted by atomic mass is 9.97. The molecule has 1 amide bonds. The molecule has 3 N–H and O–H groups in total. The Morgan fingerprint density at radius 3 is 2.72 bits per heavy atom. The van der Waals surface area contributed by atoms with E-state index in [-0.39, 0.29) is 5.82 Å². The van der Waals surface area contributed by atoms with Crippen LogP contribution < -0.4 is 16.0 Å². The predicted octanol–water partition coefficient (Wildman–Crippen LogP) is 1.12. The lowest BCUT2D eigenvalue weighted by molar-refractivity contribution is -0.123. The average molecular weight is 253 g/mol. The van der Waals surface area contributed by atoms with E-state index in [0.717, 1.165) is 5.69 Å². The fraction of sp³-hybridized carbons (Fsp3) is 0.462. The second kappa shape index (κ2) is 5.82. The highest BCUT2D eigenvalue weighted by atomic mass is 19.1. The van der Waals surface area contributed by atoms with Gasteiger partial charge in [0.15, 0.2) is 0 Å². The van der Waals surface area contributed by atoms with E-state index >= 15 is 0 Å². The van der Waals surface area contributed by atoms with Gasteiger partial charge in [-0.25, -0.2) is 4.39 Å². The van der Waals surface area contributed by atoms with Crippen LogP contribution in [0, 0.1) is 5.82 Å². The van der Waals surface area contributed by atoms with Gasteiger partial charge in [0.25, 0.3) is 0 Å². The summed E-state index contributed by atoms with van der Waals surface area (Å²) in [5.74, 6) is -0.664. The standard InChI is InChI=1S/C13H20FN3O/c1-13(16-2,12(15)18)7-8-17(3)11-6-4-5-10(14)9-11/h4-6,9,16H,7-8H2,1-3H3,(H2,15,18). The average Bonchev–Trinajstić information content (AvgIpc) is 2.35. The molecule has 0 saturated carbocycles. The number of likely N-dealkylation sites (N-methyl/N-ethyl adjacent to an activating group) is 1. The Bertz CT molecular complexity index is 424. The molecule has 5 heteroatoms. The van der Waals surface area contributed by atoms with Crippen LogP contribution in [0.1, 0.15) is 13.3 Å². The van der Waals surface area contributed by atoms with E-state index in [0.29, 0.717) is 13.0 Å². The smallest absolute Gasteiger partial charge is 0.237 e. The van der Waals surface area contributed by atoms with Gasteiger partial charge in [-0.3, -0.25) is 4.79 Å². The lowest BCUT2D eigenvalue weighted by Gasteiger charge is -2.29. The summed E-state index contributed by atoms with van der Waals surface area (Å²) in [6, 6.07) is 6.34. The van der Waals surface area contributed by atoms with E-state index in [9.17, 15) is 9.18 Å². The molecular formula is C13H20FN3O. The van der Waals surface area contributed by atoms with Crippen molar-refractivity contribution in [3.05, 3.63) is 30.1 Å². The van der Waals surface area contributed by atoms with E-state index in [1.54, 1.807) is 20.0 Å². The molecule has 18 heavy (non-hydrogen) atoms. The fourth-order valence-electron chi connectivity index (χ4n) is 1.61. The van der Waals surface area contributed by atoms with Crippen LogP contribution >= 0.6 is 0 Å². The number of hydrogen-bond acceptors (Lipinski definition) is 3. The van der Waals surface area contributed by atoms with Gasteiger partial charge in [-0.2, -0.15) is 0 Å². The van der Waals surface area contributed by atoms with Gasteiger partial charge in [-0.05, 0) is 38.6 Å². The summed E-state index contributed by atoms with van der Waals surface area (Å²) in [5, 5.41) is 2.92. The van der Waals surface area contributed by atoms with Gasteiger partial charge < -0.3 is 16.0 Å². The monoisotopic (exact) mass is 253 g/mol. The summed E-state index contributed by atoms with van der Waals surface area (Å²) in [6.07, 6.45) is 0.547. The van der Waals surface area contributed by atoms with E-state index in [1.165, 1.54) is 12.1 Å². The quantitative estimate of drug-likeness (QED) is 0.798. The Labute approximate surface area is 107 Å². The molecule has 0 aliphatic rings. The number of halogens is 1. The van der Waals surface area contributed by atoms with E-state index in [1.807, 2.05) is 18.0 Å². The molecule has 1 atom stereocenters. The molecule has 0 spiro atoms. The van der Waals surface area contributed by atoms with Crippen molar-refractivity contribution in [2.45, 2.75) is 18.9 Å². The van der Waals surface area contributed by atoms with Crippen LogP contribution in [0.5, 0.6) is 0 Å². The van der Waals surface area contributed by atoms with Crippen molar-refractivity contribution in [1.29, 1.82) is 0 Å². The molecule has 1 aromatic carbocycles. The molecule has 0 radical (unpaired) electrons. The summed E-state index contributed by atoms with van der Waals surface area (Å²) in [6.45, 7) is 2.36. The molecule has 0 aliphatic carbocycles. The Morgan fingerprint density at radius 1 is 1.56 bits per heavy atom. The van der Waals surface area contributed by atoms with E-state index in [4.69, 9.17) is 5.73 Å². The number of benzene rings is 1. The van der Waals surface area contributed by atoms with Crippen molar-refractivity contribution in [1.82, 2.24) is 5.32 Å². The zero-order valence-electron chi connectivity index (χ0n) is 11.0. The highest BCUT2D eigenvalue weighted by Crippen LogP contribution is 2.16. The third kappa shape index (κ3) is 3.43. The van der Waals surface area contributed by atoms with Crippen molar-refractivity contribution in [2.75, 3.05) is 25.5 Å². The molecule has 1 unspecified atom stereocenters. The van der Waals surface area contributed by atoms with Gasteiger partial charge in [0.1, 0.15) is 5.82 Å². The fourth-order valence-corrected chi connectivity index (χ4v) is 1.61. The van der Waals surface area contributed by atoms with Crippen molar-refractivity contribution in [2.24, 2.45) is 5.73 Å². The van der Waals surface area contributed by atoms with E-state index in [2.05, 4.69) is 5.32 Å². The normalized spacial score (nSPS) is 14.0. The maximum Gasteiger partial charge on any atom is 0.237 e. The molecule has 0 aromatic heterocycles. The zero-order valence-corrected chi connectivity index (χ0v) is 11.0. The van der Waals surface area contributed by atoms with Crippen LogP contribution in [-0.4, -0.2) is 32.1 Å². The van der Waals surface area contributed by atoms with Gasteiger partial charge in [0, 0.05) is 19.3 Å². The minimum atomic E-state index is -0.748. The topological polar surface area (TPSA) is 58.4 Å². The summed E-state index contributed by atoms with van der Waals surface area (Å²) >= 11 is 0. The molecule has 4 nitrogen and oxygen atoms in total. The van der Waals surface area contributed by atoms with Crippen LogP contribution in [0.25, 0.3) is 0 Å². The molecule has 0 saturated heterocycles. The van der Waals surface area contributed by atoms with Crippen LogP contribution in [0.2, 0.25) is 0 Å². The second-order valence-corrected chi connectivity index (χ2v) is 4.60. The number of nitrogens with zero attached hydrogens (tertiary/aromatic N) is 1. The first-order valence-corrected chi connectivity index (χ1v) is 5.84. The minimum absolute atomic E-state index is 0.273. The molecule has 0 fully saturated rings. The molecule has 100 valence electrons. The zero-order chi connectivity index (χ0) is 13.8. The van der Waals surface area contributed by atoms with Gasteiger partial charge in [-0.1, -0.05) is 6.07 Å². The third-order valence-electron chi connectivity index (χ3n) is 3.29. The lowest BCUT2D eigenvalue weighted by Crippen LogP contribution is -2.53. The van der Waals surface area contributed by atoms with Gasteiger partial charge >= 0.3 is 0 Å². The summed E-state index contributed by atoms with van der Waals surface area (Å²) in [7, 11) is 3.55.